The number of morpholine rings is 1. The number of amides is 1. The van der Waals surface area contributed by atoms with Crippen LogP contribution in [0, 0.1) is 3.57 Å². The molecule has 1 aromatic heterocycles. The smallest absolute Gasteiger partial charge is 0.387 e. The average molecular weight is 609 g/mol. The number of alkyl halides is 2. The van der Waals surface area contributed by atoms with Crippen LogP contribution in [0.3, 0.4) is 0 Å². The van der Waals surface area contributed by atoms with E-state index in [1.165, 1.54) is 12.3 Å². The van der Waals surface area contributed by atoms with Gasteiger partial charge in [-0.1, -0.05) is 12.6 Å². The van der Waals surface area contributed by atoms with Gasteiger partial charge in [-0.3, -0.25) is 4.79 Å². The second kappa shape index (κ2) is 11.9. The molecule has 1 aliphatic rings. The van der Waals surface area contributed by atoms with E-state index < -0.39 is 6.61 Å². The minimum absolute atomic E-state index is 0.0377. The molecule has 12 heteroatoms. The van der Waals surface area contributed by atoms with E-state index in [1.807, 2.05) is 27.5 Å². The summed E-state index contributed by atoms with van der Waals surface area (Å²) in [5, 5.41) is 5.59. The van der Waals surface area contributed by atoms with E-state index in [0.717, 1.165) is 5.69 Å². The molecule has 9 nitrogen and oxygen atoms in total. The summed E-state index contributed by atoms with van der Waals surface area (Å²) in [5.41, 5.74) is 1.54. The molecule has 0 saturated carbocycles. The van der Waals surface area contributed by atoms with E-state index in [2.05, 4.69) is 27.2 Å². The predicted octanol–water partition coefficient (Wildman–Crippen LogP) is 5.18. The molecule has 0 aliphatic carbocycles. The predicted molar refractivity (Wildman–Crippen MR) is 139 cm³/mol. The molecule has 1 saturated heterocycles. The van der Waals surface area contributed by atoms with Crippen LogP contribution in [-0.4, -0.2) is 48.8 Å². The van der Waals surface area contributed by atoms with Gasteiger partial charge in [-0.2, -0.15) is 13.8 Å². The van der Waals surface area contributed by atoms with Gasteiger partial charge < -0.3 is 29.7 Å². The fourth-order valence-corrected chi connectivity index (χ4v) is 3.74. The van der Waals surface area contributed by atoms with Gasteiger partial charge in [0, 0.05) is 42.8 Å². The van der Waals surface area contributed by atoms with Gasteiger partial charge in [-0.25, -0.2) is 4.98 Å². The Bertz CT molecular complexity index is 1240. The van der Waals surface area contributed by atoms with Crippen molar-refractivity contribution in [3.8, 4) is 17.4 Å². The molecule has 3 aromatic rings. The highest BCUT2D eigenvalue weighted by Gasteiger charge is 2.17. The Kier molecular flexibility index (Phi) is 8.48. The van der Waals surface area contributed by atoms with E-state index in [4.69, 9.17) is 14.2 Å². The molecule has 0 radical (unpaired) electrons. The van der Waals surface area contributed by atoms with Gasteiger partial charge in [0.05, 0.1) is 22.5 Å². The van der Waals surface area contributed by atoms with Gasteiger partial charge in [-0.05, 0) is 52.9 Å². The average Bonchev–Trinajstić information content (AvgIpc) is 2.87. The SMILES string of the molecule is C=CC(=O)Nc1cccc(Oc2nc(Nc3ccc(N4CCOCC4)cc3OC(F)F)ncc2I)c1. The maximum atomic E-state index is 13.1. The van der Waals surface area contributed by atoms with Crippen LogP contribution in [0.5, 0.6) is 17.4 Å². The Labute approximate surface area is 219 Å². The lowest BCUT2D eigenvalue weighted by atomic mass is 10.2. The number of carbonyl (C=O) groups is 1. The Morgan fingerprint density at radius 3 is 2.78 bits per heavy atom. The van der Waals surface area contributed by atoms with Crippen LogP contribution in [0.1, 0.15) is 0 Å². The highest BCUT2D eigenvalue weighted by atomic mass is 127. The second-order valence-electron chi connectivity index (χ2n) is 7.45. The van der Waals surface area contributed by atoms with Gasteiger partial charge in [0.15, 0.2) is 5.75 Å². The van der Waals surface area contributed by atoms with Crippen molar-refractivity contribution in [3.05, 3.63) is 64.9 Å². The first-order valence-corrected chi connectivity index (χ1v) is 11.9. The molecule has 2 N–H and O–H groups in total. The number of anilines is 4. The van der Waals surface area contributed by atoms with Crippen LogP contribution < -0.4 is 25.0 Å². The summed E-state index contributed by atoms with van der Waals surface area (Å²) in [6.45, 7) is 2.86. The highest BCUT2D eigenvalue weighted by molar-refractivity contribution is 14.1. The maximum Gasteiger partial charge on any atom is 0.387 e. The third kappa shape index (κ3) is 6.79. The number of hydrogen-bond donors (Lipinski definition) is 2. The van der Waals surface area contributed by atoms with Crippen molar-refractivity contribution in [1.29, 1.82) is 0 Å². The van der Waals surface area contributed by atoms with E-state index in [9.17, 15) is 13.6 Å². The zero-order chi connectivity index (χ0) is 25.5. The van der Waals surface area contributed by atoms with Crippen LogP contribution >= 0.6 is 22.6 Å². The number of benzene rings is 2. The monoisotopic (exact) mass is 609 g/mol. The normalized spacial score (nSPS) is 13.3. The molecule has 2 aromatic carbocycles. The van der Waals surface area contributed by atoms with Crippen molar-refractivity contribution >= 4 is 51.5 Å². The Morgan fingerprint density at radius 2 is 2.03 bits per heavy atom. The molecule has 0 atom stereocenters. The van der Waals surface area contributed by atoms with E-state index in [-0.39, 0.29) is 29.2 Å². The standard InChI is InChI=1S/C24H22F2IN5O4/c1-2-21(33)29-15-4-3-5-17(12-15)35-22-18(27)14-28-24(31-22)30-19-7-6-16(13-20(19)36-23(25)26)32-8-10-34-11-9-32/h2-7,12-14,23H,1,8-11H2,(H,29,33)(H,28,30,31). The lowest BCUT2D eigenvalue weighted by Gasteiger charge is -2.29. The summed E-state index contributed by atoms with van der Waals surface area (Å²) < 4.78 is 42.9. The zero-order valence-electron chi connectivity index (χ0n) is 18.9. The van der Waals surface area contributed by atoms with Gasteiger partial charge in [0.25, 0.3) is 0 Å². The summed E-state index contributed by atoms with van der Waals surface area (Å²) in [6.07, 6.45) is 2.70. The van der Waals surface area contributed by atoms with Crippen LogP contribution in [0.15, 0.2) is 61.3 Å². The molecule has 4 rings (SSSR count). The fourth-order valence-electron chi connectivity index (χ4n) is 3.37. The summed E-state index contributed by atoms with van der Waals surface area (Å²) in [4.78, 5) is 22.2. The number of halogens is 3. The van der Waals surface area contributed by atoms with Crippen LogP contribution in [-0.2, 0) is 9.53 Å². The molecule has 1 fully saturated rings. The number of rotatable bonds is 9. The third-order valence-electron chi connectivity index (χ3n) is 5.02. The minimum atomic E-state index is -3.00. The van der Waals surface area contributed by atoms with Crippen molar-refractivity contribution in [3.63, 3.8) is 0 Å². The lowest BCUT2D eigenvalue weighted by molar-refractivity contribution is -0.111. The molecule has 0 unspecified atom stereocenters. The Balaban J connectivity index is 1.55. The number of carbonyl (C=O) groups excluding carboxylic acids is 1. The molecule has 0 spiro atoms. The number of aromatic nitrogens is 2. The fraction of sp³-hybridized carbons (Fsp3) is 0.208. The van der Waals surface area contributed by atoms with Crippen molar-refractivity contribution in [2.45, 2.75) is 6.61 Å². The molecule has 0 bridgehead atoms. The summed E-state index contributed by atoms with van der Waals surface area (Å²) in [7, 11) is 0. The largest absolute Gasteiger partial charge is 0.438 e. The van der Waals surface area contributed by atoms with Crippen LogP contribution in [0.4, 0.5) is 31.8 Å². The molecule has 36 heavy (non-hydrogen) atoms. The zero-order valence-corrected chi connectivity index (χ0v) is 21.1. The van der Waals surface area contributed by atoms with E-state index >= 15 is 0 Å². The van der Waals surface area contributed by atoms with Crippen molar-refractivity contribution < 1.29 is 27.8 Å². The van der Waals surface area contributed by atoms with Gasteiger partial charge in [0.1, 0.15) is 5.75 Å². The molecular weight excluding hydrogens is 587 g/mol. The number of hydrogen-bond acceptors (Lipinski definition) is 8. The first-order chi connectivity index (χ1) is 17.4. The van der Waals surface area contributed by atoms with Crippen LogP contribution in [0.2, 0.25) is 0 Å². The first kappa shape index (κ1) is 25.6. The Morgan fingerprint density at radius 1 is 1.22 bits per heavy atom. The highest BCUT2D eigenvalue weighted by Crippen LogP contribution is 2.34. The first-order valence-electron chi connectivity index (χ1n) is 10.8. The van der Waals surface area contributed by atoms with Crippen molar-refractivity contribution in [2.75, 3.05) is 41.8 Å². The Hall–Kier alpha value is -3.52. The summed E-state index contributed by atoms with van der Waals surface area (Å²) >= 11 is 2.02. The molecular formula is C24H22F2IN5O4. The topological polar surface area (TPSA) is 97.8 Å². The van der Waals surface area contributed by atoms with E-state index in [0.29, 0.717) is 41.3 Å². The molecule has 1 aliphatic heterocycles. The molecule has 1 amide bonds. The summed E-state index contributed by atoms with van der Waals surface area (Å²) in [6, 6.07) is 11.7. The number of ether oxygens (including phenoxy) is 3. The molecule has 2 heterocycles. The van der Waals surface area contributed by atoms with Gasteiger partial charge in [0.2, 0.25) is 17.7 Å². The van der Waals surface area contributed by atoms with Crippen molar-refractivity contribution in [2.24, 2.45) is 0 Å². The van der Waals surface area contributed by atoms with E-state index in [1.54, 1.807) is 42.5 Å². The van der Waals surface area contributed by atoms with Crippen LogP contribution in [0.25, 0.3) is 0 Å². The number of nitrogens with zero attached hydrogens (tertiary/aromatic N) is 3. The lowest BCUT2D eigenvalue weighted by Crippen LogP contribution is -2.36. The quantitative estimate of drug-likeness (QED) is 0.253. The summed E-state index contributed by atoms with van der Waals surface area (Å²) in [5.74, 6) is 0.401. The third-order valence-corrected chi connectivity index (χ3v) is 5.76. The van der Waals surface area contributed by atoms with Crippen molar-refractivity contribution in [1.82, 2.24) is 9.97 Å². The molecule has 188 valence electrons. The van der Waals surface area contributed by atoms with Gasteiger partial charge >= 0.3 is 6.61 Å². The maximum absolute atomic E-state index is 13.1. The minimum Gasteiger partial charge on any atom is -0.438 e. The number of nitrogens with one attached hydrogen (secondary N) is 2. The van der Waals surface area contributed by atoms with Gasteiger partial charge in [-0.15, -0.1) is 0 Å². The second-order valence-corrected chi connectivity index (χ2v) is 8.62.